The van der Waals surface area contributed by atoms with E-state index in [4.69, 9.17) is 24.2 Å². The number of nitrogens with zero attached hydrogens (tertiary/aromatic N) is 1. The van der Waals surface area contributed by atoms with Crippen molar-refractivity contribution < 1.29 is 14.3 Å². The summed E-state index contributed by atoms with van der Waals surface area (Å²) in [5, 5.41) is 9.32. The fourth-order valence-electron chi connectivity index (χ4n) is 5.27. The molecule has 2 heterocycles. The van der Waals surface area contributed by atoms with Crippen LogP contribution in [0, 0.1) is 11.8 Å². The SMILES string of the molecule is [B]C12[B]C13CCC(CC/C(N)=N/NN)CC3CC(C(=O)OCCCCNC(C)=O)N2. The van der Waals surface area contributed by atoms with E-state index < -0.39 is 5.34 Å². The minimum atomic E-state index is -0.570. The molecule has 5 unspecified atom stereocenters. The van der Waals surface area contributed by atoms with Crippen LogP contribution in [0.3, 0.4) is 0 Å². The van der Waals surface area contributed by atoms with Gasteiger partial charge in [-0.2, -0.15) is 5.10 Å². The Morgan fingerprint density at radius 1 is 1.37 bits per heavy atom. The lowest BCUT2D eigenvalue weighted by Gasteiger charge is -2.47. The topological polar surface area (TPSA) is 144 Å². The van der Waals surface area contributed by atoms with Gasteiger partial charge in [-0.05, 0) is 49.3 Å². The zero-order valence-electron chi connectivity index (χ0n) is 17.8. The number of hydrogen-bond donors (Lipinski definition) is 5. The number of carbonyl (C=O) groups is 2. The summed E-state index contributed by atoms with van der Waals surface area (Å²) in [4.78, 5) is 23.5. The molecule has 2 saturated heterocycles. The number of rotatable bonds is 10. The van der Waals surface area contributed by atoms with Gasteiger partial charge in [-0.1, -0.05) is 18.2 Å². The van der Waals surface area contributed by atoms with Crippen LogP contribution in [0.2, 0.25) is 5.31 Å². The summed E-state index contributed by atoms with van der Waals surface area (Å²) in [6, 6.07) is -0.381. The Kier molecular flexibility index (Phi) is 7.34. The van der Waals surface area contributed by atoms with E-state index in [-0.39, 0.29) is 23.2 Å². The van der Waals surface area contributed by atoms with Crippen molar-refractivity contribution in [3.05, 3.63) is 0 Å². The first kappa shape index (κ1) is 22.9. The number of carbonyl (C=O) groups excluding carboxylic acids is 2. The van der Waals surface area contributed by atoms with Crippen molar-refractivity contribution in [1.82, 2.24) is 16.2 Å². The number of hydrazone groups is 1. The minimum Gasteiger partial charge on any atom is -0.465 e. The van der Waals surface area contributed by atoms with Crippen LogP contribution in [0.25, 0.3) is 0 Å². The Hall–Kier alpha value is -1.74. The third-order valence-electron chi connectivity index (χ3n) is 6.91. The Labute approximate surface area is 180 Å². The maximum absolute atomic E-state index is 12.6. The molecule has 1 amide bonds. The molecule has 5 atom stereocenters. The molecular formula is C19H33B2N6O3. The molecule has 2 aliphatic heterocycles. The number of amides is 1. The number of amidine groups is 1. The molecular weight excluding hydrogens is 382 g/mol. The Bertz CT molecular complexity index is 681. The van der Waals surface area contributed by atoms with Gasteiger partial charge in [0, 0.05) is 19.9 Å². The summed E-state index contributed by atoms with van der Waals surface area (Å²) in [5.41, 5.74) is 8.06. The molecule has 11 heteroatoms. The number of nitrogens with one attached hydrogen (secondary N) is 3. The first-order valence-corrected chi connectivity index (χ1v) is 10.9. The second-order valence-corrected chi connectivity index (χ2v) is 8.95. The van der Waals surface area contributed by atoms with Gasteiger partial charge in [-0.3, -0.25) is 9.59 Å². The van der Waals surface area contributed by atoms with Gasteiger partial charge in [0.2, 0.25) is 5.91 Å². The van der Waals surface area contributed by atoms with Gasteiger partial charge in [-0.15, -0.1) is 0 Å². The van der Waals surface area contributed by atoms with Crippen molar-refractivity contribution in [2.24, 2.45) is 28.5 Å². The molecule has 7 N–H and O–H groups in total. The van der Waals surface area contributed by atoms with E-state index in [1.165, 1.54) is 6.92 Å². The highest BCUT2D eigenvalue weighted by Gasteiger charge is 2.71. The van der Waals surface area contributed by atoms with E-state index in [9.17, 15) is 9.59 Å². The number of nitrogens with two attached hydrogens (primary N) is 2. The normalized spacial score (nSPS) is 34.7. The van der Waals surface area contributed by atoms with Gasteiger partial charge >= 0.3 is 5.97 Å². The van der Waals surface area contributed by atoms with E-state index in [1.807, 2.05) is 0 Å². The van der Waals surface area contributed by atoms with E-state index in [2.05, 4.69) is 28.5 Å². The van der Waals surface area contributed by atoms with E-state index in [1.54, 1.807) is 0 Å². The number of piperidine rings is 1. The highest BCUT2D eigenvalue weighted by atomic mass is 16.5. The predicted molar refractivity (Wildman–Crippen MR) is 116 cm³/mol. The van der Waals surface area contributed by atoms with E-state index >= 15 is 0 Å². The standard InChI is InChI=1S/C19H33B2N6O3/c1-12(28)24-8-2-3-9-30-17(29)15-11-14-10-13(4-5-16(22)26-27-23)6-7-18(14)19(20,21-18)25-15/h13-15,25,27H,2-11,23H2,1H3,(H2,22,26)(H,24,28). The zero-order valence-corrected chi connectivity index (χ0v) is 17.8. The average Bonchev–Trinajstić information content (AvgIpc) is 3.31. The van der Waals surface area contributed by atoms with Gasteiger partial charge in [0.15, 0.2) is 0 Å². The number of esters is 1. The lowest BCUT2D eigenvalue weighted by molar-refractivity contribution is -0.148. The number of unbranched alkanes of at least 4 members (excludes halogenated alkanes) is 1. The summed E-state index contributed by atoms with van der Waals surface area (Å²) in [7, 11) is 8.77. The molecule has 0 aromatic rings. The highest BCUT2D eigenvalue weighted by Crippen LogP contribution is 2.69. The van der Waals surface area contributed by atoms with Crippen molar-refractivity contribution in [2.75, 3.05) is 13.2 Å². The Morgan fingerprint density at radius 3 is 2.90 bits per heavy atom. The van der Waals surface area contributed by atoms with Crippen LogP contribution >= 0.6 is 0 Å². The molecule has 1 aliphatic carbocycles. The Balaban J connectivity index is 1.46. The summed E-state index contributed by atoms with van der Waals surface area (Å²) >= 11 is 0. The van der Waals surface area contributed by atoms with Gasteiger partial charge in [0.05, 0.1) is 14.5 Å². The zero-order chi connectivity index (χ0) is 21.8. The minimum absolute atomic E-state index is 0.00289. The van der Waals surface area contributed by atoms with Crippen molar-refractivity contribution in [3.8, 4) is 0 Å². The summed E-state index contributed by atoms with van der Waals surface area (Å²) in [6.45, 7) is 2.43. The monoisotopic (exact) mass is 415 g/mol. The second kappa shape index (κ2) is 9.60. The van der Waals surface area contributed by atoms with Crippen LogP contribution < -0.4 is 27.7 Å². The third-order valence-corrected chi connectivity index (χ3v) is 6.91. The number of ether oxygens (including phenoxy) is 1. The van der Waals surface area contributed by atoms with Crippen LogP contribution in [0.4, 0.5) is 0 Å². The molecule has 0 aromatic heterocycles. The first-order chi connectivity index (χ1) is 14.3. The molecule has 1 spiro atoms. The predicted octanol–water partition coefficient (Wildman–Crippen LogP) is -0.561. The molecule has 9 nitrogen and oxygen atoms in total. The van der Waals surface area contributed by atoms with Gasteiger partial charge < -0.3 is 21.1 Å². The smallest absolute Gasteiger partial charge is 0.323 e. The van der Waals surface area contributed by atoms with Crippen LogP contribution in [-0.2, 0) is 14.3 Å². The van der Waals surface area contributed by atoms with Crippen LogP contribution in [-0.4, -0.2) is 57.4 Å². The average molecular weight is 415 g/mol. The molecule has 3 fully saturated rings. The maximum Gasteiger partial charge on any atom is 0.323 e. The fourth-order valence-corrected chi connectivity index (χ4v) is 5.27. The Morgan fingerprint density at radius 2 is 2.17 bits per heavy atom. The van der Waals surface area contributed by atoms with Gasteiger partial charge in [0.25, 0.3) is 0 Å². The molecule has 3 radical (unpaired) electrons. The number of hydrogen-bond acceptors (Lipinski definition) is 7. The molecule has 163 valence electrons. The van der Waals surface area contributed by atoms with Crippen molar-refractivity contribution in [1.29, 1.82) is 0 Å². The van der Waals surface area contributed by atoms with Crippen LogP contribution in [0.15, 0.2) is 5.10 Å². The molecule has 30 heavy (non-hydrogen) atoms. The third kappa shape index (κ3) is 5.11. The second-order valence-electron chi connectivity index (χ2n) is 8.95. The lowest BCUT2D eigenvalue weighted by Crippen LogP contribution is -2.55. The molecule has 0 aromatic carbocycles. The lowest BCUT2D eigenvalue weighted by atomic mass is 9.60. The molecule has 1 saturated carbocycles. The summed E-state index contributed by atoms with van der Waals surface area (Å²) in [5.74, 6) is 6.30. The van der Waals surface area contributed by atoms with Crippen molar-refractivity contribution >= 4 is 32.8 Å². The van der Waals surface area contributed by atoms with Crippen LogP contribution in [0.5, 0.6) is 0 Å². The van der Waals surface area contributed by atoms with Gasteiger partial charge in [-0.25, -0.2) is 11.4 Å². The number of hydrazine groups is 1. The van der Waals surface area contributed by atoms with Crippen molar-refractivity contribution in [3.63, 3.8) is 0 Å². The summed E-state index contributed by atoms with van der Waals surface area (Å²) in [6.07, 6.45) is 7.05. The quantitative estimate of drug-likeness (QED) is 0.0612. The van der Waals surface area contributed by atoms with E-state index in [0.29, 0.717) is 43.7 Å². The van der Waals surface area contributed by atoms with E-state index in [0.717, 1.165) is 38.5 Å². The van der Waals surface area contributed by atoms with Crippen molar-refractivity contribution in [2.45, 2.75) is 75.0 Å². The summed E-state index contributed by atoms with van der Waals surface area (Å²) < 4.78 is 5.48. The fraction of sp³-hybridized carbons (Fsp3) is 0.842. The first-order valence-electron chi connectivity index (χ1n) is 10.9. The molecule has 0 bridgehead atoms. The van der Waals surface area contributed by atoms with Crippen LogP contribution in [0.1, 0.15) is 58.3 Å². The van der Waals surface area contributed by atoms with Gasteiger partial charge in [0.1, 0.15) is 19.2 Å². The largest absolute Gasteiger partial charge is 0.465 e. The molecule has 3 rings (SSSR count). The maximum atomic E-state index is 12.6. The highest BCUT2D eigenvalue weighted by molar-refractivity contribution is 6.72. The molecule has 3 aliphatic rings.